The van der Waals surface area contributed by atoms with Gasteiger partial charge in [-0.3, -0.25) is 0 Å². The zero-order valence-electron chi connectivity index (χ0n) is 9.80. The Balaban J connectivity index is 0.00000144. The van der Waals surface area contributed by atoms with E-state index in [1.54, 1.807) is 24.3 Å². The van der Waals surface area contributed by atoms with Crippen LogP contribution in [0.2, 0.25) is 0 Å². The van der Waals surface area contributed by atoms with Crippen LogP contribution in [0.25, 0.3) is 0 Å². The first-order valence-electron chi connectivity index (χ1n) is 4.79. The molecule has 87 valence electrons. The van der Waals surface area contributed by atoms with Crippen molar-refractivity contribution in [3.63, 3.8) is 0 Å². The Bertz CT molecular complexity index is 505. The molecule has 0 amide bonds. The molecular formula is C10H12LiN2O3S. The van der Waals surface area contributed by atoms with Crippen molar-refractivity contribution in [3.05, 3.63) is 29.8 Å². The summed E-state index contributed by atoms with van der Waals surface area (Å²) in [7, 11) is -3.54. The first-order valence-corrected chi connectivity index (χ1v) is 6.28. The molecule has 1 fully saturated rings. The second-order valence-electron chi connectivity index (χ2n) is 3.58. The van der Waals surface area contributed by atoms with Crippen LogP contribution in [0, 0.1) is 6.92 Å². The molecule has 1 heterocycles. The van der Waals surface area contributed by atoms with Crippen molar-refractivity contribution in [2.75, 3.05) is 13.2 Å². The second kappa shape index (κ2) is 5.69. The Hall–Kier alpha value is -0.803. The van der Waals surface area contributed by atoms with E-state index in [1.165, 1.54) is 0 Å². The summed E-state index contributed by atoms with van der Waals surface area (Å²) in [5, 5.41) is 3.75. The SMILES string of the molecule is Cc1ccc(S(=O)(=O)NN=C2COC2)cc1.[Li]. The van der Waals surface area contributed by atoms with E-state index in [4.69, 9.17) is 4.74 Å². The maximum absolute atomic E-state index is 11.7. The van der Waals surface area contributed by atoms with Crippen LogP contribution in [0.3, 0.4) is 0 Å². The van der Waals surface area contributed by atoms with Crippen molar-refractivity contribution in [2.24, 2.45) is 5.10 Å². The molecule has 1 aromatic carbocycles. The molecule has 2 rings (SSSR count). The predicted molar refractivity (Wildman–Crippen MR) is 65.5 cm³/mol. The molecule has 1 saturated heterocycles. The van der Waals surface area contributed by atoms with Gasteiger partial charge in [-0.1, -0.05) is 17.7 Å². The van der Waals surface area contributed by atoms with Crippen molar-refractivity contribution in [3.8, 4) is 0 Å². The number of nitrogens with zero attached hydrogens (tertiary/aromatic N) is 1. The number of aryl methyl sites for hydroxylation is 1. The minimum atomic E-state index is -3.54. The van der Waals surface area contributed by atoms with Crippen LogP contribution < -0.4 is 4.83 Å². The molecule has 17 heavy (non-hydrogen) atoms. The van der Waals surface area contributed by atoms with Crippen molar-refractivity contribution in [1.29, 1.82) is 0 Å². The molecule has 0 bridgehead atoms. The van der Waals surface area contributed by atoms with Gasteiger partial charge in [-0.2, -0.15) is 18.4 Å². The molecule has 0 saturated carbocycles. The molecule has 5 nitrogen and oxygen atoms in total. The molecule has 7 heteroatoms. The number of ether oxygens (including phenoxy) is 1. The normalized spacial score (nSPS) is 14.5. The van der Waals surface area contributed by atoms with E-state index in [2.05, 4.69) is 9.93 Å². The van der Waals surface area contributed by atoms with Gasteiger partial charge in [-0.15, -0.1) is 0 Å². The van der Waals surface area contributed by atoms with Crippen LogP contribution >= 0.6 is 0 Å². The minimum Gasteiger partial charge on any atom is -0.369 e. The number of hydrazone groups is 1. The Morgan fingerprint density at radius 2 is 1.82 bits per heavy atom. The molecule has 0 aliphatic carbocycles. The fourth-order valence-electron chi connectivity index (χ4n) is 1.15. The van der Waals surface area contributed by atoms with E-state index in [9.17, 15) is 8.42 Å². The predicted octanol–water partition coefficient (Wildman–Crippen LogP) is 0.279. The summed E-state index contributed by atoms with van der Waals surface area (Å²) < 4.78 is 28.3. The third-order valence-corrected chi connectivity index (χ3v) is 3.42. The van der Waals surface area contributed by atoms with E-state index < -0.39 is 10.0 Å². The summed E-state index contributed by atoms with van der Waals surface area (Å²) in [5.41, 5.74) is 1.72. The fourth-order valence-corrected chi connectivity index (χ4v) is 2.00. The van der Waals surface area contributed by atoms with Gasteiger partial charge in [0.15, 0.2) is 0 Å². The molecule has 0 spiro atoms. The summed E-state index contributed by atoms with van der Waals surface area (Å²) in [6, 6.07) is 6.59. The summed E-state index contributed by atoms with van der Waals surface area (Å²) >= 11 is 0. The third kappa shape index (κ3) is 3.58. The van der Waals surface area contributed by atoms with Gasteiger partial charge in [0.25, 0.3) is 10.0 Å². The van der Waals surface area contributed by atoms with Crippen LogP contribution in [-0.2, 0) is 14.8 Å². The van der Waals surface area contributed by atoms with Crippen LogP contribution in [0.4, 0.5) is 0 Å². The van der Waals surface area contributed by atoms with Gasteiger partial charge in [-0.25, -0.2) is 0 Å². The molecule has 0 atom stereocenters. The quantitative estimate of drug-likeness (QED) is 0.616. The first kappa shape index (κ1) is 14.3. The van der Waals surface area contributed by atoms with Gasteiger partial charge in [0.1, 0.15) is 0 Å². The van der Waals surface area contributed by atoms with Crippen molar-refractivity contribution >= 4 is 34.6 Å². The average Bonchev–Trinajstić information content (AvgIpc) is 2.15. The van der Waals surface area contributed by atoms with Crippen LogP contribution in [0.5, 0.6) is 0 Å². The Morgan fingerprint density at radius 1 is 1.24 bits per heavy atom. The van der Waals surface area contributed by atoms with Gasteiger partial charge in [0.05, 0.1) is 23.8 Å². The minimum absolute atomic E-state index is 0. The largest absolute Gasteiger partial charge is 0.369 e. The van der Waals surface area contributed by atoms with Gasteiger partial charge in [0, 0.05) is 18.9 Å². The van der Waals surface area contributed by atoms with Crippen molar-refractivity contribution < 1.29 is 13.2 Å². The molecule has 1 aromatic rings. The maximum Gasteiger partial charge on any atom is 0.276 e. The van der Waals surface area contributed by atoms with Crippen LogP contribution in [0.15, 0.2) is 34.3 Å². The first-order chi connectivity index (χ1) is 7.58. The molecule has 0 aromatic heterocycles. The van der Waals surface area contributed by atoms with E-state index in [1.807, 2.05) is 6.92 Å². The number of hydrogen-bond acceptors (Lipinski definition) is 4. The third-order valence-electron chi connectivity index (χ3n) is 2.19. The molecule has 1 aliphatic rings. The number of hydrogen-bond donors (Lipinski definition) is 1. The molecule has 0 unspecified atom stereocenters. The summed E-state index contributed by atoms with van der Waals surface area (Å²) in [6.45, 7) is 2.70. The number of rotatable bonds is 3. The molecular weight excluding hydrogens is 235 g/mol. The second-order valence-corrected chi connectivity index (χ2v) is 5.24. The van der Waals surface area contributed by atoms with Crippen LogP contribution in [-0.4, -0.2) is 46.2 Å². The van der Waals surface area contributed by atoms with Gasteiger partial charge < -0.3 is 4.74 Å². The average molecular weight is 247 g/mol. The van der Waals surface area contributed by atoms with E-state index in [-0.39, 0.29) is 23.8 Å². The zero-order valence-corrected chi connectivity index (χ0v) is 10.6. The van der Waals surface area contributed by atoms with Crippen LogP contribution in [0.1, 0.15) is 5.56 Å². The smallest absolute Gasteiger partial charge is 0.276 e. The maximum atomic E-state index is 11.7. The van der Waals surface area contributed by atoms with E-state index in [0.29, 0.717) is 18.9 Å². The van der Waals surface area contributed by atoms with E-state index in [0.717, 1.165) is 5.56 Å². The standard InChI is InChI=1S/C10H12N2O3S.Li/c1-8-2-4-10(5-3-8)16(13,14)12-11-9-6-15-7-9;/h2-5,12H,6-7H2,1H3;. The topological polar surface area (TPSA) is 67.8 Å². The summed E-state index contributed by atoms with van der Waals surface area (Å²) in [6.07, 6.45) is 0. The summed E-state index contributed by atoms with van der Waals surface area (Å²) in [4.78, 5) is 2.39. The Morgan fingerprint density at radius 3 is 2.29 bits per heavy atom. The molecule has 1 N–H and O–H groups in total. The van der Waals surface area contributed by atoms with E-state index >= 15 is 0 Å². The number of sulfonamides is 1. The fraction of sp³-hybridized carbons (Fsp3) is 0.300. The van der Waals surface area contributed by atoms with Gasteiger partial charge in [0.2, 0.25) is 0 Å². The zero-order chi connectivity index (χ0) is 11.6. The van der Waals surface area contributed by atoms with Gasteiger partial charge in [-0.05, 0) is 19.1 Å². The van der Waals surface area contributed by atoms with Gasteiger partial charge >= 0.3 is 0 Å². The number of benzene rings is 1. The Kier molecular flexibility index (Phi) is 4.77. The monoisotopic (exact) mass is 247 g/mol. The van der Waals surface area contributed by atoms with Crippen molar-refractivity contribution in [2.45, 2.75) is 11.8 Å². The molecule has 1 radical (unpaired) electrons. The Labute approximate surface area is 112 Å². The molecule has 1 aliphatic heterocycles. The number of nitrogens with one attached hydrogen (secondary N) is 1. The van der Waals surface area contributed by atoms with Crippen molar-refractivity contribution in [1.82, 2.24) is 4.83 Å². The summed E-state index contributed by atoms with van der Waals surface area (Å²) in [5.74, 6) is 0.